The topological polar surface area (TPSA) is 83.7 Å². The van der Waals surface area contributed by atoms with Crippen LogP contribution in [0.4, 0.5) is 5.95 Å². The summed E-state index contributed by atoms with van der Waals surface area (Å²) in [5.74, 6) is 1.26. The maximum atomic E-state index is 12.2. The number of anilines is 1. The lowest BCUT2D eigenvalue weighted by molar-refractivity contribution is 0.369. The zero-order valence-corrected chi connectivity index (χ0v) is 21.4. The van der Waals surface area contributed by atoms with Crippen LogP contribution in [0.1, 0.15) is 12.2 Å². The van der Waals surface area contributed by atoms with Crippen LogP contribution in [0.2, 0.25) is 10.0 Å². The third-order valence-electron chi connectivity index (χ3n) is 6.72. The van der Waals surface area contributed by atoms with Crippen molar-refractivity contribution >= 4 is 44.8 Å². The van der Waals surface area contributed by atoms with Crippen molar-refractivity contribution in [1.82, 2.24) is 23.9 Å². The monoisotopic (exact) mass is 528 g/mol. The van der Waals surface area contributed by atoms with Gasteiger partial charge < -0.3 is 4.90 Å². The SMILES string of the molecule is Cc1nc(N2CC3CC2CN3S(C)(=O)=O)n2nc(-c3ccccc3Cl)c(-c3ccc(Cl)cc3)c2n1. The van der Waals surface area contributed by atoms with E-state index >= 15 is 0 Å². The summed E-state index contributed by atoms with van der Waals surface area (Å²) >= 11 is 12.8. The average Bonchev–Trinajstić information content (AvgIpc) is 3.52. The van der Waals surface area contributed by atoms with Crippen molar-refractivity contribution < 1.29 is 8.42 Å². The van der Waals surface area contributed by atoms with Crippen molar-refractivity contribution in [3.8, 4) is 22.4 Å². The summed E-state index contributed by atoms with van der Waals surface area (Å²) in [4.78, 5) is 11.7. The first-order chi connectivity index (χ1) is 16.7. The Hall–Kier alpha value is -2.72. The molecule has 4 aromatic rings. The standard InChI is InChI=1S/C24H22Cl2N6O2S/c1-14-27-23-21(15-7-9-16(25)10-8-15)22(19-5-3-4-6-20(19)26)29-32(23)24(28-14)30-12-18-11-17(30)13-31(18)35(2,33)34/h3-10,17-18H,11-13H2,1-2H3. The molecule has 2 atom stereocenters. The van der Waals surface area contributed by atoms with Gasteiger partial charge in [-0.05, 0) is 37.1 Å². The largest absolute Gasteiger partial charge is 0.335 e. The number of benzene rings is 2. The fraction of sp³-hybridized carbons (Fsp3) is 0.292. The molecule has 6 rings (SSSR count). The van der Waals surface area contributed by atoms with Crippen LogP contribution in [0.25, 0.3) is 28.0 Å². The Balaban J connectivity index is 1.56. The predicted octanol–water partition coefficient (Wildman–Crippen LogP) is 4.30. The van der Waals surface area contributed by atoms with Gasteiger partial charge in [-0.15, -0.1) is 0 Å². The molecule has 2 fully saturated rings. The smallest absolute Gasteiger partial charge is 0.230 e. The van der Waals surface area contributed by atoms with Crippen molar-refractivity contribution in [1.29, 1.82) is 0 Å². The average molecular weight is 529 g/mol. The Morgan fingerprint density at radius 1 is 0.971 bits per heavy atom. The van der Waals surface area contributed by atoms with Gasteiger partial charge in [0.15, 0.2) is 5.65 Å². The fourth-order valence-electron chi connectivity index (χ4n) is 5.21. The van der Waals surface area contributed by atoms with Gasteiger partial charge in [0, 0.05) is 35.8 Å². The van der Waals surface area contributed by atoms with Crippen molar-refractivity contribution in [3.63, 3.8) is 0 Å². The number of hydrogen-bond donors (Lipinski definition) is 0. The van der Waals surface area contributed by atoms with E-state index < -0.39 is 10.0 Å². The molecule has 0 saturated carbocycles. The lowest BCUT2D eigenvalue weighted by Crippen LogP contribution is -2.49. The number of aryl methyl sites for hydroxylation is 1. The first-order valence-electron chi connectivity index (χ1n) is 11.2. The van der Waals surface area contributed by atoms with Crippen LogP contribution in [-0.4, -0.2) is 63.7 Å². The van der Waals surface area contributed by atoms with Crippen LogP contribution in [0.5, 0.6) is 0 Å². The maximum Gasteiger partial charge on any atom is 0.230 e. The summed E-state index contributed by atoms with van der Waals surface area (Å²) in [5.41, 5.74) is 3.89. The summed E-state index contributed by atoms with van der Waals surface area (Å²) in [6, 6.07) is 15.1. The minimum Gasteiger partial charge on any atom is -0.335 e. The molecule has 11 heteroatoms. The Kier molecular flexibility index (Phi) is 5.30. The molecule has 2 aliphatic heterocycles. The Morgan fingerprint density at radius 3 is 2.37 bits per heavy atom. The normalized spacial score (nSPS) is 20.3. The summed E-state index contributed by atoms with van der Waals surface area (Å²) in [5, 5.41) is 6.20. The van der Waals surface area contributed by atoms with Crippen LogP contribution >= 0.6 is 23.2 Å². The van der Waals surface area contributed by atoms with E-state index in [1.54, 1.807) is 8.82 Å². The number of piperazine rings is 1. The first-order valence-corrected chi connectivity index (χ1v) is 13.8. The molecular weight excluding hydrogens is 507 g/mol. The third kappa shape index (κ3) is 3.78. The molecular formula is C24H22Cl2N6O2S. The van der Waals surface area contributed by atoms with Crippen LogP contribution in [-0.2, 0) is 10.0 Å². The molecule has 2 aromatic carbocycles. The molecule has 2 unspecified atom stereocenters. The minimum absolute atomic E-state index is 0.0270. The second-order valence-electron chi connectivity index (χ2n) is 9.04. The number of hydrogen-bond acceptors (Lipinski definition) is 6. The molecule has 0 aliphatic carbocycles. The van der Waals surface area contributed by atoms with Gasteiger partial charge in [0.25, 0.3) is 0 Å². The second kappa shape index (κ2) is 8.16. The molecule has 180 valence electrons. The maximum absolute atomic E-state index is 12.2. The highest BCUT2D eigenvalue weighted by Gasteiger charge is 2.48. The first kappa shape index (κ1) is 22.7. The molecule has 0 spiro atoms. The highest BCUT2D eigenvalue weighted by Crippen LogP contribution is 2.40. The van der Waals surface area contributed by atoms with Gasteiger partial charge >= 0.3 is 0 Å². The summed E-state index contributed by atoms with van der Waals surface area (Å²) in [7, 11) is -3.25. The predicted molar refractivity (Wildman–Crippen MR) is 137 cm³/mol. The number of sulfonamides is 1. The van der Waals surface area contributed by atoms with E-state index in [1.165, 1.54) is 6.26 Å². The molecule has 2 aromatic heterocycles. The molecule has 35 heavy (non-hydrogen) atoms. The highest BCUT2D eigenvalue weighted by atomic mass is 35.5. The number of rotatable bonds is 4. The highest BCUT2D eigenvalue weighted by molar-refractivity contribution is 7.88. The fourth-order valence-corrected chi connectivity index (χ4v) is 6.70. The molecule has 0 radical (unpaired) electrons. The lowest BCUT2D eigenvalue weighted by Gasteiger charge is -2.33. The van der Waals surface area contributed by atoms with E-state index in [0.717, 1.165) is 23.1 Å². The van der Waals surface area contributed by atoms with E-state index in [9.17, 15) is 8.42 Å². The van der Waals surface area contributed by atoms with Gasteiger partial charge in [-0.2, -0.15) is 18.9 Å². The summed E-state index contributed by atoms with van der Waals surface area (Å²) < 4.78 is 27.7. The van der Waals surface area contributed by atoms with Gasteiger partial charge in [-0.1, -0.05) is 53.5 Å². The Labute approximate surface area is 213 Å². The number of aromatic nitrogens is 4. The van der Waals surface area contributed by atoms with Crippen LogP contribution < -0.4 is 4.90 Å². The van der Waals surface area contributed by atoms with Gasteiger partial charge in [0.1, 0.15) is 11.5 Å². The minimum atomic E-state index is -3.25. The zero-order valence-electron chi connectivity index (χ0n) is 19.1. The Morgan fingerprint density at radius 2 is 1.71 bits per heavy atom. The van der Waals surface area contributed by atoms with E-state index in [0.29, 0.717) is 46.2 Å². The molecule has 8 nitrogen and oxygen atoms in total. The van der Waals surface area contributed by atoms with E-state index in [1.807, 2.05) is 55.5 Å². The Bertz CT molecular complexity index is 1570. The lowest BCUT2D eigenvalue weighted by atomic mass is 10.0. The summed E-state index contributed by atoms with van der Waals surface area (Å²) in [6.07, 6.45) is 2.03. The van der Waals surface area contributed by atoms with Crippen molar-refractivity contribution in [2.75, 3.05) is 24.2 Å². The number of fused-ring (bicyclic) bond motifs is 3. The molecule has 4 heterocycles. The van der Waals surface area contributed by atoms with Crippen molar-refractivity contribution in [3.05, 3.63) is 64.4 Å². The quantitative estimate of drug-likeness (QED) is 0.392. The van der Waals surface area contributed by atoms with Crippen LogP contribution in [0, 0.1) is 6.92 Å². The molecule has 2 saturated heterocycles. The molecule has 2 bridgehead atoms. The summed E-state index contributed by atoms with van der Waals surface area (Å²) in [6.45, 7) is 2.85. The molecule has 0 amide bonds. The van der Waals surface area contributed by atoms with Gasteiger partial charge in [0.2, 0.25) is 16.0 Å². The van der Waals surface area contributed by atoms with E-state index in [-0.39, 0.29) is 12.1 Å². The van der Waals surface area contributed by atoms with Gasteiger partial charge in [-0.3, -0.25) is 0 Å². The van der Waals surface area contributed by atoms with E-state index in [4.69, 9.17) is 38.3 Å². The third-order valence-corrected chi connectivity index (χ3v) is 8.60. The zero-order chi connectivity index (χ0) is 24.5. The van der Waals surface area contributed by atoms with Gasteiger partial charge in [0.05, 0.1) is 16.8 Å². The second-order valence-corrected chi connectivity index (χ2v) is 11.8. The van der Waals surface area contributed by atoms with Crippen molar-refractivity contribution in [2.24, 2.45) is 0 Å². The van der Waals surface area contributed by atoms with Crippen LogP contribution in [0.3, 0.4) is 0 Å². The molecule has 2 aliphatic rings. The van der Waals surface area contributed by atoms with Crippen LogP contribution in [0.15, 0.2) is 48.5 Å². The number of halogens is 2. The van der Waals surface area contributed by atoms with E-state index in [2.05, 4.69) is 4.90 Å². The molecule has 0 N–H and O–H groups in total. The number of nitrogens with zero attached hydrogens (tertiary/aromatic N) is 6. The van der Waals surface area contributed by atoms with Gasteiger partial charge in [-0.25, -0.2) is 13.4 Å². The van der Waals surface area contributed by atoms with Crippen molar-refractivity contribution in [2.45, 2.75) is 25.4 Å².